The van der Waals surface area contributed by atoms with Gasteiger partial charge in [-0.05, 0) is 31.2 Å². The van der Waals surface area contributed by atoms with Crippen molar-refractivity contribution >= 4 is 17.4 Å². The van der Waals surface area contributed by atoms with Gasteiger partial charge in [0, 0.05) is 18.0 Å². The molecule has 2 heterocycles. The molecule has 4 nitrogen and oxygen atoms in total. The predicted octanol–water partition coefficient (Wildman–Crippen LogP) is 2.94. The van der Waals surface area contributed by atoms with Crippen LogP contribution < -0.4 is 11.1 Å². The fraction of sp³-hybridized carbons (Fsp3) is 0.286. The van der Waals surface area contributed by atoms with Crippen molar-refractivity contribution < 1.29 is 4.39 Å². The minimum Gasteiger partial charge on any atom is -0.383 e. The van der Waals surface area contributed by atoms with Crippen LogP contribution in [-0.4, -0.2) is 16.5 Å². The zero-order valence-corrected chi connectivity index (χ0v) is 11.9. The molecular formula is C14H16ClFN4. The van der Waals surface area contributed by atoms with E-state index in [1.54, 1.807) is 18.3 Å². The maximum Gasteiger partial charge on any atom is 0.146 e. The largest absolute Gasteiger partial charge is 0.383 e. The Bertz CT molecular complexity index is 591. The van der Waals surface area contributed by atoms with Gasteiger partial charge in [0.15, 0.2) is 0 Å². The number of aromatic nitrogens is 2. The van der Waals surface area contributed by atoms with Crippen LogP contribution in [0, 0.1) is 5.82 Å². The standard InChI is InChI=1S/C14H16ClFN4/c1-2-5-18-12(13-11(16)4-3-6-19-13)10-7-9(15)8-20-14(10)17/h3-4,6-8,12,18H,2,5H2,1H3,(H2,17,20). The lowest BCUT2D eigenvalue weighted by atomic mass is 10.0. The van der Waals surface area contributed by atoms with Gasteiger partial charge in [-0.3, -0.25) is 4.98 Å². The molecule has 0 saturated carbocycles. The summed E-state index contributed by atoms with van der Waals surface area (Å²) >= 11 is 5.96. The number of anilines is 1. The lowest BCUT2D eigenvalue weighted by Gasteiger charge is -2.20. The normalized spacial score (nSPS) is 12.3. The Morgan fingerprint density at radius 3 is 2.95 bits per heavy atom. The van der Waals surface area contributed by atoms with Crippen LogP contribution >= 0.6 is 11.6 Å². The fourth-order valence-corrected chi connectivity index (χ4v) is 2.12. The Morgan fingerprint density at radius 2 is 2.25 bits per heavy atom. The molecule has 2 rings (SSSR count). The quantitative estimate of drug-likeness (QED) is 0.890. The Kier molecular flexibility index (Phi) is 4.87. The van der Waals surface area contributed by atoms with Gasteiger partial charge in [0.2, 0.25) is 0 Å². The number of pyridine rings is 2. The second-order valence-corrected chi connectivity index (χ2v) is 4.82. The molecule has 106 valence electrons. The van der Waals surface area contributed by atoms with Gasteiger partial charge >= 0.3 is 0 Å². The van der Waals surface area contributed by atoms with Gasteiger partial charge in [0.1, 0.15) is 11.6 Å². The summed E-state index contributed by atoms with van der Waals surface area (Å²) in [6.45, 7) is 2.73. The molecule has 0 spiro atoms. The van der Waals surface area contributed by atoms with Crippen LogP contribution in [0.2, 0.25) is 5.02 Å². The summed E-state index contributed by atoms with van der Waals surface area (Å²) in [4.78, 5) is 8.13. The maximum atomic E-state index is 14.0. The van der Waals surface area contributed by atoms with Crippen molar-refractivity contribution in [3.05, 3.63) is 52.7 Å². The molecule has 0 aliphatic heterocycles. The number of nitrogens with zero attached hydrogens (tertiary/aromatic N) is 2. The van der Waals surface area contributed by atoms with Crippen LogP contribution in [0.25, 0.3) is 0 Å². The van der Waals surface area contributed by atoms with E-state index < -0.39 is 6.04 Å². The first-order valence-corrected chi connectivity index (χ1v) is 6.76. The smallest absolute Gasteiger partial charge is 0.146 e. The number of nitrogens with two attached hydrogens (primary N) is 1. The highest BCUT2D eigenvalue weighted by Crippen LogP contribution is 2.28. The molecule has 2 aromatic rings. The van der Waals surface area contributed by atoms with E-state index in [-0.39, 0.29) is 11.5 Å². The first-order chi connectivity index (χ1) is 9.63. The van der Waals surface area contributed by atoms with Gasteiger partial charge in [-0.15, -0.1) is 0 Å². The average molecular weight is 295 g/mol. The van der Waals surface area contributed by atoms with Gasteiger partial charge in [-0.25, -0.2) is 9.37 Å². The zero-order chi connectivity index (χ0) is 14.5. The molecule has 2 aromatic heterocycles. The number of hydrogen-bond acceptors (Lipinski definition) is 4. The van der Waals surface area contributed by atoms with E-state index in [1.165, 1.54) is 12.3 Å². The molecule has 0 aliphatic carbocycles. The lowest BCUT2D eigenvalue weighted by molar-refractivity contribution is 0.531. The van der Waals surface area contributed by atoms with Gasteiger partial charge in [0.05, 0.1) is 16.8 Å². The second-order valence-electron chi connectivity index (χ2n) is 4.39. The minimum absolute atomic E-state index is 0.289. The van der Waals surface area contributed by atoms with E-state index in [1.807, 2.05) is 6.92 Å². The molecule has 20 heavy (non-hydrogen) atoms. The van der Waals surface area contributed by atoms with Crippen molar-refractivity contribution in [1.29, 1.82) is 0 Å². The molecule has 0 amide bonds. The van der Waals surface area contributed by atoms with Crippen LogP contribution in [0.1, 0.15) is 30.6 Å². The number of halogens is 2. The summed E-state index contributed by atoms with van der Waals surface area (Å²) < 4.78 is 14.0. The van der Waals surface area contributed by atoms with Crippen LogP contribution in [0.3, 0.4) is 0 Å². The van der Waals surface area contributed by atoms with Crippen molar-refractivity contribution in [1.82, 2.24) is 15.3 Å². The highest BCUT2D eigenvalue weighted by atomic mass is 35.5. The van der Waals surface area contributed by atoms with Crippen LogP contribution in [0.15, 0.2) is 30.6 Å². The SMILES string of the molecule is CCCNC(c1cc(Cl)cnc1N)c1ncccc1F. The van der Waals surface area contributed by atoms with Gasteiger partial charge in [-0.2, -0.15) is 0 Å². The van der Waals surface area contributed by atoms with Crippen molar-refractivity contribution in [2.75, 3.05) is 12.3 Å². The van der Waals surface area contributed by atoms with Crippen LogP contribution in [0.4, 0.5) is 10.2 Å². The summed E-state index contributed by atoms with van der Waals surface area (Å²) in [6.07, 6.45) is 3.91. The van der Waals surface area contributed by atoms with Gasteiger partial charge in [0.25, 0.3) is 0 Å². The van der Waals surface area contributed by atoms with Crippen molar-refractivity contribution in [3.63, 3.8) is 0 Å². The molecule has 1 unspecified atom stereocenters. The summed E-state index contributed by atoms with van der Waals surface area (Å²) in [7, 11) is 0. The fourth-order valence-electron chi connectivity index (χ4n) is 1.95. The minimum atomic E-state index is -0.470. The molecule has 0 fully saturated rings. The maximum absolute atomic E-state index is 14.0. The average Bonchev–Trinajstić information content (AvgIpc) is 2.44. The molecule has 0 aromatic carbocycles. The topological polar surface area (TPSA) is 63.8 Å². The Morgan fingerprint density at radius 1 is 1.45 bits per heavy atom. The van der Waals surface area contributed by atoms with E-state index in [0.717, 1.165) is 6.42 Å². The Balaban J connectivity index is 2.47. The summed E-state index contributed by atoms with van der Waals surface area (Å²) in [6, 6.07) is 4.14. The summed E-state index contributed by atoms with van der Waals surface area (Å²) in [5, 5.41) is 3.68. The summed E-state index contributed by atoms with van der Waals surface area (Å²) in [5.74, 6) is -0.0754. The number of nitrogen functional groups attached to an aromatic ring is 1. The van der Waals surface area contributed by atoms with Crippen molar-refractivity contribution in [3.8, 4) is 0 Å². The lowest BCUT2D eigenvalue weighted by Crippen LogP contribution is -2.26. The third kappa shape index (κ3) is 3.23. The number of nitrogens with one attached hydrogen (secondary N) is 1. The molecule has 0 aliphatic rings. The first kappa shape index (κ1) is 14.7. The molecule has 0 bridgehead atoms. The second kappa shape index (κ2) is 6.63. The van der Waals surface area contributed by atoms with E-state index in [9.17, 15) is 4.39 Å². The van der Waals surface area contributed by atoms with Crippen LogP contribution in [-0.2, 0) is 0 Å². The molecule has 3 N–H and O–H groups in total. The Labute approximate surface area is 122 Å². The van der Waals surface area contributed by atoms with Gasteiger partial charge in [-0.1, -0.05) is 18.5 Å². The van der Waals surface area contributed by atoms with E-state index in [4.69, 9.17) is 17.3 Å². The molecule has 0 radical (unpaired) electrons. The summed E-state index contributed by atoms with van der Waals surface area (Å²) in [5.41, 5.74) is 6.81. The van der Waals surface area contributed by atoms with Crippen LogP contribution in [0.5, 0.6) is 0 Å². The molecule has 1 atom stereocenters. The zero-order valence-electron chi connectivity index (χ0n) is 11.1. The van der Waals surface area contributed by atoms with E-state index in [2.05, 4.69) is 15.3 Å². The molecule has 0 saturated heterocycles. The van der Waals surface area contributed by atoms with E-state index in [0.29, 0.717) is 22.9 Å². The Hall–Kier alpha value is -1.72. The van der Waals surface area contributed by atoms with E-state index >= 15 is 0 Å². The number of hydrogen-bond donors (Lipinski definition) is 2. The highest BCUT2D eigenvalue weighted by molar-refractivity contribution is 6.30. The number of rotatable bonds is 5. The third-order valence-corrected chi connectivity index (χ3v) is 3.09. The first-order valence-electron chi connectivity index (χ1n) is 6.38. The third-order valence-electron chi connectivity index (χ3n) is 2.89. The predicted molar refractivity (Wildman–Crippen MR) is 78.0 cm³/mol. The highest BCUT2D eigenvalue weighted by Gasteiger charge is 2.21. The van der Waals surface area contributed by atoms with Crippen molar-refractivity contribution in [2.45, 2.75) is 19.4 Å². The molecule has 6 heteroatoms. The van der Waals surface area contributed by atoms with Crippen molar-refractivity contribution in [2.24, 2.45) is 0 Å². The van der Waals surface area contributed by atoms with Gasteiger partial charge < -0.3 is 11.1 Å². The molecular weight excluding hydrogens is 279 g/mol. The monoisotopic (exact) mass is 294 g/mol.